The van der Waals surface area contributed by atoms with Crippen LogP contribution in [0, 0.1) is 13.8 Å². The molecule has 1 aliphatic rings. The van der Waals surface area contributed by atoms with Gasteiger partial charge in [-0.05, 0) is 63.4 Å². The predicted molar refractivity (Wildman–Crippen MR) is 74.9 cm³/mol. The summed E-state index contributed by atoms with van der Waals surface area (Å²) in [6.45, 7) is 4.33. The van der Waals surface area contributed by atoms with Crippen LogP contribution in [0.4, 0.5) is 0 Å². The molecular weight excluding hydrogens is 222 g/mol. The number of benzene rings is 1. The summed E-state index contributed by atoms with van der Waals surface area (Å²) in [5, 5.41) is 3.44. The van der Waals surface area contributed by atoms with E-state index in [2.05, 4.69) is 47.9 Å². The maximum absolute atomic E-state index is 4.57. The van der Waals surface area contributed by atoms with E-state index in [0.29, 0.717) is 12.1 Å². The summed E-state index contributed by atoms with van der Waals surface area (Å²) in [5.41, 5.74) is 5.08. The predicted octanol–water partition coefficient (Wildman–Crippen LogP) is 2.97. The van der Waals surface area contributed by atoms with E-state index >= 15 is 0 Å². The molecule has 1 saturated carbocycles. The lowest BCUT2D eigenvalue weighted by atomic mass is 10.1. The Morgan fingerprint density at radius 3 is 2.78 bits per heavy atom. The van der Waals surface area contributed by atoms with Gasteiger partial charge in [0.05, 0.1) is 23.4 Å². The number of hydrogen-bond acceptors (Lipinski definition) is 2. The van der Waals surface area contributed by atoms with Crippen LogP contribution < -0.4 is 5.32 Å². The van der Waals surface area contributed by atoms with Crippen molar-refractivity contribution in [2.24, 2.45) is 0 Å². The maximum atomic E-state index is 4.57. The first kappa shape index (κ1) is 11.7. The third-order valence-corrected chi connectivity index (χ3v) is 4.40. The highest BCUT2D eigenvalue weighted by molar-refractivity contribution is 5.77. The lowest BCUT2D eigenvalue weighted by molar-refractivity contribution is 0.422. The first-order chi connectivity index (χ1) is 8.70. The normalized spacial score (nSPS) is 23.9. The summed E-state index contributed by atoms with van der Waals surface area (Å²) >= 11 is 0. The number of fused-ring (bicyclic) bond motifs is 1. The summed E-state index contributed by atoms with van der Waals surface area (Å²) in [5.74, 6) is 0. The third kappa shape index (κ3) is 1.74. The van der Waals surface area contributed by atoms with Crippen molar-refractivity contribution in [3.8, 4) is 0 Å². The molecule has 0 aliphatic heterocycles. The molecule has 1 aliphatic carbocycles. The van der Waals surface area contributed by atoms with Crippen LogP contribution in [0.5, 0.6) is 0 Å². The van der Waals surface area contributed by atoms with Crippen LogP contribution in [0.15, 0.2) is 18.5 Å². The van der Waals surface area contributed by atoms with E-state index in [4.69, 9.17) is 0 Å². The Balaban J connectivity index is 2.09. The van der Waals surface area contributed by atoms with Crippen molar-refractivity contribution in [1.29, 1.82) is 0 Å². The average molecular weight is 243 g/mol. The fraction of sp³-hybridized carbons (Fsp3) is 0.533. The quantitative estimate of drug-likeness (QED) is 0.879. The molecule has 0 amide bonds. The Labute approximate surface area is 108 Å². The van der Waals surface area contributed by atoms with Crippen LogP contribution in [0.1, 0.15) is 36.4 Å². The minimum Gasteiger partial charge on any atom is -0.326 e. The van der Waals surface area contributed by atoms with Crippen LogP contribution in [-0.4, -0.2) is 22.6 Å². The van der Waals surface area contributed by atoms with Crippen molar-refractivity contribution >= 4 is 11.0 Å². The highest BCUT2D eigenvalue weighted by atomic mass is 15.1. The van der Waals surface area contributed by atoms with Gasteiger partial charge < -0.3 is 9.88 Å². The van der Waals surface area contributed by atoms with Gasteiger partial charge in [0.1, 0.15) is 0 Å². The second-order valence-electron chi connectivity index (χ2n) is 5.47. The summed E-state index contributed by atoms with van der Waals surface area (Å²) < 4.78 is 2.37. The lowest BCUT2D eigenvalue weighted by Crippen LogP contribution is -2.30. The minimum absolute atomic E-state index is 0.558. The Kier molecular flexibility index (Phi) is 2.86. The van der Waals surface area contributed by atoms with Crippen molar-refractivity contribution in [1.82, 2.24) is 14.9 Å². The molecule has 3 heteroatoms. The first-order valence-corrected chi connectivity index (χ1v) is 6.82. The Bertz CT molecular complexity index is 570. The van der Waals surface area contributed by atoms with Gasteiger partial charge in [-0.1, -0.05) is 0 Å². The van der Waals surface area contributed by atoms with E-state index in [-0.39, 0.29) is 0 Å². The van der Waals surface area contributed by atoms with E-state index in [0.717, 1.165) is 5.52 Å². The lowest BCUT2D eigenvalue weighted by Gasteiger charge is -2.21. The monoisotopic (exact) mass is 243 g/mol. The van der Waals surface area contributed by atoms with Crippen molar-refractivity contribution in [2.45, 2.75) is 45.2 Å². The third-order valence-electron chi connectivity index (χ3n) is 4.40. The minimum atomic E-state index is 0.558. The standard InChI is InChI=1S/C15H21N3/c1-10-7-13-15(8-11(10)2)18(9-17-13)14-6-4-5-12(14)16-3/h7-9,12,14,16H,4-6H2,1-3H3. The fourth-order valence-corrected chi connectivity index (χ4v) is 3.16. The van der Waals surface area contributed by atoms with Gasteiger partial charge in [0, 0.05) is 6.04 Å². The molecular formula is C15H21N3. The number of aromatic nitrogens is 2. The van der Waals surface area contributed by atoms with Gasteiger partial charge in [0.25, 0.3) is 0 Å². The van der Waals surface area contributed by atoms with Gasteiger partial charge in [-0.25, -0.2) is 4.98 Å². The molecule has 0 spiro atoms. The number of aryl methyl sites for hydroxylation is 2. The molecule has 3 rings (SSSR count). The smallest absolute Gasteiger partial charge is 0.0961 e. The van der Waals surface area contributed by atoms with Gasteiger partial charge in [-0.2, -0.15) is 0 Å². The molecule has 1 fully saturated rings. The number of nitrogens with zero attached hydrogens (tertiary/aromatic N) is 2. The van der Waals surface area contributed by atoms with Crippen molar-refractivity contribution in [3.05, 3.63) is 29.6 Å². The SMILES string of the molecule is CNC1CCCC1n1cnc2cc(C)c(C)cc21. The Morgan fingerprint density at radius 2 is 2.00 bits per heavy atom. The van der Waals surface area contributed by atoms with Crippen LogP contribution in [-0.2, 0) is 0 Å². The van der Waals surface area contributed by atoms with Gasteiger partial charge in [0.15, 0.2) is 0 Å². The summed E-state index contributed by atoms with van der Waals surface area (Å²) in [4.78, 5) is 4.57. The van der Waals surface area contributed by atoms with Crippen LogP contribution in [0.2, 0.25) is 0 Å². The summed E-state index contributed by atoms with van der Waals surface area (Å²) in [6, 6.07) is 5.62. The van der Waals surface area contributed by atoms with Gasteiger partial charge >= 0.3 is 0 Å². The van der Waals surface area contributed by atoms with Crippen LogP contribution >= 0.6 is 0 Å². The van der Waals surface area contributed by atoms with E-state index in [1.165, 1.54) is 35.9 Å². The molecule has 2 aromatic rings. The van der Waals surface area contributed by atoms with Gasteiger partial charge in [-0.3, -0.25) is 0 Å². The Morgan fingerprint density at radius 1 is 1.22 bits per heavy atom. The molecule has 2 unspecified atom stereocenters. The molecule has 2 atom stereocenters. The van der Waals surface area contributed by atoms with Crippen LogP contribution in [0.3, 0.4) is 0 Å². The molecule has 1 N–H and O–H groups in total. The highest BCUT2D eigenvalue weighted by Crippen LogP contribution is 2.33. The van der Waals surface area contributed by atoms with Gasteiger partial charge in [0.2, 0.25) is 0 Å². The van der Waals surface area contributed by atoms with E-state index < -0.39 is 0 Å². The maximum Gasteiger partial charge on any atom is 0.0961 e. The first-order valence-electron chi connectivity index (χ1n) is 6.82. The zero-order chi connectivity index (χ0) is 12.7. The highest BCUT2D eigenvalue weighted by Gasteiger charge is 2.28. The number of rotatable bonds is 2. The van der Waals surface area contributed by atoms with E-state index in [9.17, 15) is 0 Å². The van der Waals surface area contributed by atoms with Crippen molar-refractivity contribution in [2.75, 3.05) is 7.05 Å². The largest absolute Gasteiger partial charge is 0.326 e. The Hall–Kier alpha value is -1.35. The van der Waals surface area contributed by atoms with E-state index in [1.807, 2.05) is 6.33 Å². The molecule has 1 aromatic heterocycles. The number of hydrogen-bond donors (Lipinski definition) is 1. The van der Waals surface area contributed by atoms with Crippen LogP contribution in [0.25, 0.3) is 11.0 Å². The molecule has 1 heterocycles. The van der Waals surface area contributed by atoms with E-state index in [1.54, 1.807) is 0 Å². The average Bonchev–Trinajstić information content (AvgIpc) is 2.95. The number of nitrogens with one attached hydrogen (secondary N) is 1. The molecule has 18 heavy (non-hydrogen) atoms. The molecule has 3 nitrogen and oxygen atoms in total. The van der Waals surface area contributed by atoms with Gasteiger partial charge in [-0.15, -0.1) is 0 Å². The second-order valence-corrected chi connectivity index (χ2v) is 5.47. The topological polar surface area (TPSA) is 29.9 Å². The zero-order valence-corrected chi connectivity index (χ0v) is 11.4. The molecule has 0 radical (unpaired) electrons. The second kappa shape index (κ2) is 4.39. The van der Waals surface area contributed by atoms with Crippen molar-refractivity contribution < 1.29 is 0 Å². The number of likely N-dealkylation sites (N-methyl/N-ethyl adjacent to an activating group) is 1. The van der Waals surface area contributed by atoms with Crippen molar-refractivity contribution in [3.63, 3.8) is 0 Å². The molecule has 0 saturated heterocycles. The number of imidazole rings is 1. The fourth-order valence-electron chi connectivity index (χ4n) is 3.16. The summed E-state index contributed by atoms with van der Waals surface area (Å²) in [6.07, 6.45) is 5.85. The zero-order valence-electron chi connectivity index (χ0n) is 11.4. The summed E-state index contributed by atoms with van der Waals surface area (Å²) in [7, 11) is 2.07. The molecule has 96 valence electrons. The molecule has 0 bridgehead atoms. The molecule has 1 aromatic carbocycles.